The number of unbranched alkanes of at least 4 members (excludes halogenated alkanes) is 1. The maximum absolute atomic E-state index is 13.2. The fourth-order valence-electron chi connectivity index (χ4n) is 4.70. The second-order valence-electron chi connectivity index (χ2n) is 12.7. The molecule has 220 valence electrons. The number of esters is 1. The highest BCUT2D eigenvalue weighted by Gasteiger charge is 2.39. The van der Waals surface area contributed by atoms with E-state index in [9.17, 15) is 14.4 Å². The minimum absolute atomic E-state index is 0.0131. The summed E-state index contributed by atoms with van der Waals surface area (Å²) in [5, 5.41) is 2.77. The largest absolute Gasteiger partial charge is 0.423 e. The maximum atomic E-state index is 13.2. The number of imide groups is 1. The van der Waals surface area contributed by atoms with Crippen molar-refractivity contribution >= 4 is 40.8 Å². The molecule has 1 heterocycles. The predicted molar refractivity (Wildman–Crippen MR) is 169 cm³/mol. The molecule has 6 nitrogen and oxygen atoms in total. The minimum Gasteiger partial charge on any atom is -0.423 e. The fourth-order valence-corrected chi connectivity index (χ4v) is 4.92. The van der Waals surface area contributed by atoms with Crippen LogP contribution in [0.4, 0.5) is 11.4 Å². The van der Waals surface area contributed by atoms with E-state index in [1.165, 1.54) is 0 Å². The predicted octanol–water partition coefficient (Wildman–Crippen LogP) is 8.28. The molecule has 1 aliphatic heterocycles. The molecule has 3 aromatic rings. The van der Waals surface area contributed by atoms with Gasteiger partial charge in [-0.3, -0.25) is 9.59 Å². The van der Waals surface area contributed by atoms with E-state index in [1.54, 1.807) is 36.4 Å². The number of halogens is 1. The van der Waals surface area contributed by atoms with Crippen molar-refractivity contribution < 1.29 is 19.1 Å². The highest BCUT2D eigenvalue weighted by molar-refractivity contribution is 6.53. The van der Waals surface area contributed by atoms with Crippen molar-refractivity contribution in [3.05, 3.63) is 99.7 Å². The van der Waals surface area contributed by atoms with Crippen molar-refractivity contribution in [2.75, 3.05) is 10.2 Å². The molecule has 0 aliphatic carbocycles. The molecule has 0 atom stereocenters. The van der Waals surface area contributed by atoms with E-state index < -0.39 is 17.8 Å². The number of hydrogen-bond donors (Lipinski definition) is 1. The van der Waals surface area contributed by atoms with Crippen molar-refractivity contribution in [3.8, 4) is 5.75 Å². The van der Waals surface area contributed by atoms with Crippen LogP contribution in [0.15, 0.2) is 77.5 Å². The molecular formula is C35H39ClN2O4. The molecule has 0 radical (unpaired) electrons. The first-order valence-corrected chi connectivity index (χ1v) is 14.7. The van der Waals surface area contributed by atoms with Crippen molar-refractivity contribution in [2.24, 2.45) is 0 Å². The molecule has 0 bridgehead atoms. The first kappa shape index (κ1) is 31.0. The molecule has 0 saturated carbocycles. The van der Waals surface area contributed by atoms with Crippen LogP contribution >= 0.6 is 11.6 Å². The van der Waals surface area contributed by atoms with Crippen LogP contribution in [0, 0.1) is 0 Å². The Kier molecular flexibility index (Phi) is 8.98. The van der Waals surface area contributed by atoms with Gasteiger partial charge in [-0.05, 0) is 77.3 Å². The van der Waals surface area contributed by atoms with Crippen molar-refractivity contribution in [2.45, 2.75) is 78.6 Å². The van der Waals surface area contributed by atoms with E-state index in [1.807, 2.05) is 24.3 Å². The van der Waals surface area contributed by atoms with Gasteiger partial charge in [0.2, 0.25) is 0 Å². The van der Waals surface area contributed by atoms with Crippen LogP contribution in [0.25, 0.3) is 0 Å². The van der Waals surface area contributed by atoms with Gasteiger partial charge in [0, 0.05) is 11.3 Å². The van der Waals surface area contributed by atoms with Gasteiger partial charge in [-0.25, -0.2) is 9.69 Å². The Morgan fingerprint density at radius 2 is 1.50 bits per heavy atom. The summed E-state index contributed by atoms with van der Waals surface area (Å²) >= 11 is 6.31. The lowest BCUT2D eigenvalue weighted by atomic mass is 9.80. The Bertz CT molecular complexity index is 1530. The molecule has 4 rings (SSSR count). The summed E-state index contributed by atoms with van der Waals surface area (Å²) in [6.45, 7) is 14.8. The van der Waals surface area contributed by atoms with Gasteiger partial charge in [0.15, 0.2) is 0 Å². The molecule has 2 amide bonds. The molecule has 3 aromatic carbocycles. The summed E-state index contributed by atoms with van der Waals surface area (Å²) in [5.74, 6) is -1.09. The average Bonchev–Trinajstić information content (AvgIpc) is 3.14. The van der Waals surface area contributed by atoms with Gasteiger partial charge < -0.3 is 10.1 Å². The fraction of sp³-hybridized carbons (Fsp3) is 0.343. The van der Waals surface area contributed by atoms with E-state index in [4.69, 9.17) is 16.3 Å². The van der Waals surface area contributed by atoms with Crippen LogP contribution < -0.4 is 15.0 Å². The van der Waals surface area contributed by atoms with Gasteiger partial charge in [0.1, 0.15) is 16.5 Å². The molecule has 1 aliphatic rings. The highest BCUT2D eigenvalue weighted by Crippen LogP contribution is 2.36. The summed E-state index contributed by atoms with van der Waals surface area (Å²) in [6, 6.07) is 19.8. The number of rotatable bonds is 8. The monoisotopic (exact) mass is 586 g/mol. The third kappa shape index (κ3) is 6.76. The second kappa shape index (κ2) is 12.1. The summed E-state index contributed by atoms with van der Waals surface area (Å²) in [5.41, 5.74) is 4.29. The molecule has 0 aromatic heterocycles. The number of carbonyl (C=O) groups is 3. The average molecular weight is 587 g/mol. The maximum Gasteiger partial charge on any atom is 0.343 e. The lowest BCUT2D eigenvalue weighted by Crippen LogP contribution is -2.32. The first-order valence-electron chi connectivity index (χ1n) is 14.3. The van der Waals surface area contributed by atoms with E-state index in [-0.39, 0.29) is 21.6 Å². The van der Waals surface area contributed by atoms with Gasteiger partial charge in [0.05, 0.1) is 11.3 Å². The molecular weight excluding hydrogens is 548 g/mol. The summed E-state index contributed by atoms with van der Waals surface area (Å²) in [6.07, 6.45) is 3.10. The van der Waals surface area contributed by atoms with E-state index in [2.05, 4.69) is 59.8 Å². The molecule has 0 spiro atoms. The summed E-state index contributed by atoms with van der Waals surface area (Å²) in [4.78, 5) is 40.2. The van der Waals surface area contributed by atoms with Gasteiger partial charge in [-0.1, -0.05) is 90.8 Å². The van der Waals surface area contributed by atoms with Crippen LogP contribution in [-0.4, -0.2) is 17.8 Å². The molecule has 0 unspecified atom stereocenters. The smallest absolute Gasteiger partial charge is 0.343 e. The third-order valence-corrected chi connectivity index (χ3v) is 7.64. The van der Waals surface area contributed by atoms with Crippen molar-refractivity contribution in [3.63, 3.8) is 0 Å². The second-order valence-corrected chi connectivity index (χ2v) is 13.1. The van der Waals surface area contributed by atoms with Crippen LogP contribution in [0.2, 0.25) is 0 Å². The molecule has 0 fully saturated rings. The molecule has 0 saturated heterocycles. The lowest BCUT2D eigenvalue weighted by molar-refractivity contribution is -0.120. The zero-order chi connectivity index (χ0) is 30.8. The first-order chi connectivity index (χ1) is 19.7. The van der Waals surface area contributed by atoms with E-state index in [0.29, 0.717) is 22.7 Å². The van der Waals surface area contributed by atoms with Gasteiger partial charge >= 0.3 is 5.97 Å². The van der Waals surface area contributed by atoms with Crippen LogP contribution in [0.5, 0.6) is 5.75 Å². The number of nitrogens with zero attached hydrogens (tertiary/aromatic N) is 1. The number of ether oxygens (including phenoxy) is 1. The quantitative estimate of drug-likeness (QED) is 0.163. The van der Waals surface area contributed by atoms with Crippen LogP contribution in [0.3, 0.4) is 0 Å². The van der Waals surface area contributed by atoms with Crippen molar-refractivity contribution in [1.82, 2.24) is 0 Å². The zero-order valence-electron chi connectivity index (χ0n) is 25.4. The van der Waals surface area contributed by atoms with Crippen LogP contribution in [-0.2, 0) is 26.8 Å². The number of aryl methyl sites for hydroxylation is 1. The number of benzene rings is 3. The normalized spacial score (nSPS) is 14.0. The van der Waals surface area contributed by atoms with Gasteiger partial charge in [-0.15, -0.1) is 0 Å². The molecule has 1 N–H and O–H groups in total. The number of nitrogens with one attached hydrogen (secondary N) is 1. The lowest BCUT2D eigenvalue weighted by Gasteiger charge is -2.26. The molecule has 42 heavy (non-hydrogen) atoms. The Hall–Kier alpha value is -3.90. The Labute approximate surface area is 253 Å². The van der Waals surface area contributed by atoms with E-state index in [0.717, 1.165) is 40.9 Å². The summed E-state index contributed by atoms with van der Waals surface area (Å²) < 4.78 is 5.85. The topological polar surface area (TPSA) is 75.7 Å². The van der Waals surface area contributed by atoms with E-state index >= 15 is 0 Å². The number of carbonyl (C=O) groups excluding carboxylic acids is 3. The Morgan fingerprint density at radius 3 is 2.07 bits per heavy atom. The molecule has 7 heteroatoms. The Balaban J connectivity index is 1.48. The number of hydrogen-bond acceptors (Lipinski definition) is 5. The van der Waals surface area contributed by atoms with Crippen LogP contribution in [0.1, 0.15) is 88.4 Å². The zero-order valence-corrected chi connectivity index (χ0v) is 26.2. The minimum atomic E-state index is -0.585. The van der Waals surface area contributed by atoms with Gasteiger partial charge in [0.25, 0.3) is 11.8 Å². The number of amides is 2. The summed E-state index contributed by atoms with van der Waals surface area (Å²) in [7, 11) is 0. The Morgan fingerprint density at radius 1 is 0.857 bits per heavy atom. The van der Waals surface area contributed by atoms with Crippen molar-refractivity contribution in [1.29, 1.82) is 0 Å². The third-order valence-electron chi connectivity index (χ3n) is 7.29. The van der Waals surface area contributed by atoms with Gasteiger partial charge in [-0.2, -0.15) is 0 Å². The highest BCUT2D eigenvalue weighted by atomic mass is 35.5. The SMILES string of the molecule is CCCCc1ccc(N2C(=O)C(Cl)=C(Nc3ccc(C(=O)Oc4ccc(C(C)(C)C)cc4C(C)(C)C)cc3)C2=O)cc1. The number of anilines is 2. The standard InChI is InChI=1S/C35H39ClN2O4/c1-8-9-10-22-11-18-26(19-12-22)38-31(39)29(36)30(32(38)40)37-25-16-13-23(14-17-25)33(41)42-28-20-15-24(34(2,3)4)21-27(28)35(5,6)7/h11-21,37H,8-10H2,1-7H3.